The lowest BCUT2D eigenvalue weighted by molar-refractivity contribution is 0.102. The number of carbonyl (C=O) groups is 1. The maximum atomic E-state index is 12.9. The second-order valence-electron chi connectivity index (χ2n) is 6.56. The van der Waals surface area contributed by atoms with Crippen LogP contribution in [-0.2, 0) is 10.0 Å². The summed E-state index contributed by atoms with van der Waals surface area (Å²) in [5, 5.41) is 13.0. The van der Waals surface area contributed by atoms with Crippen molar-refractivity contribution in [1.82, 2.24) is 20.4 Å². The van der Waals surface area contributed by atoms with Crippen LogP contribution >= 0.6 is 23.2 Å². The molecule has 0 atom stereocenters. The summed E-state index contributed by atoms with van der Waals surface area (Å²) < 4.78 is 28.4. The topological polar surface area (TPSA) is 130 Å². The second kappa shape index (κ2) is 8.14. The third-order valence-electron chi connectivity index (χ3n) is 4.29. The van der Waals surface area contributed by atoms with Gasteiger partial charge in [-0.25, -0.2) is 13.4 Å². The van der Waals surface area contributed by atoms with Crippen LogP contribution in [0, 0.1) is 6.92 Å². The first-order valence-electron chi connectivity index (χ1n) is 8.79. The molecule has 4 aromatic rings. The molecule has 0 radical (unpaired) electrons. The Labute approximate surface area is 186 Å². The summed E-state index contributed by atoms with van der Waals surface area (Å²) in [5.74, 6) is -0.444. The van der Waals surface area contributed by atoms with Gasteiger partial charge < -0.3 is 5.32 Å². The molecule has 0 aliphatic rings. The highest BCUT2D eigenvalue weighted by Gasteiger charge is 2.21. The molecule has 4 rings (SSSR count). The number of sulfonamides is 1. The highest BCUT2D eigenvalue weighted by Crippen LogP contribution is 2.34. The van der Waals surface area contributed by atoms with Crippen molar-refractivity contribution >= 4 is 61.5 Å². The lowest BCUT2D eigenvalue weighted by atomic mass is 10.1. The molecule has 0 saturated carbocycles. The van der Waals surface area contributed by atoms with E-state index in [0.29, 0.717) is 5.39 Å². The monoisotopic (exact) mass is 476 g/mol. The van der Waals surface area contributed by atoms with Crippen molar-refractivity contribution in [3.05, 3.63) is 70.0 Å². The predicted octanol–water partition coefficient (Wildman–Crippen LogP) is 4.02. The van der Waals surface area contributed by atoms with E-state index in [1.807, 2.05) is 6.92 Å². The Morgan fingerprint density at radius 3 is 2.52 bits per heavy atom. The third kappa shape index (κ3) is 4.46. The van der Waals surface area contributed by atoms with Gasteiger partial charge in [0, 0.05) is 10.4 Å². The van der Waals surface area contributed by atoms with Crippen LogP contribution < -0.4 is 10.0 Å². The van der Waals surface area contributed by atoms with E-state index in [1.165, 1.54) is 36.5 Å². The minimum Gasteiger partial charge on any atom is -0.302 e. The maximum absolute atomic E-state index is 12.9. The number of halogens is 2. The summed E-state index contributed by atoms with van der Waals surface area (Å²) in [5.41, 5.74) is 1.16. The van der Waals surface area contributed by atoms with Gasteiger partial charge in [0.15, 0.2) is 5.82 Å². The first-order valence-corrected chi connectivity index (χ1v) is 11.0. The number of hydrogen-bond donors (Lipinski definition) is 3. The van der Waals surface area contributed by atoms with Crippen molar-refractivity contribution < 1.29 is 13.2 Å². The highest BCUT2D eigenvalue weighted by atomic mass is 35.5. The molecule has 12 heteroatoms. The Morgan fingerprint density at radius 2 is 1.84 bits per heavy atom. The summed E-state index contributed by atoms with van der Waals surface area (Å²) in [7, 11) is -3.97. The van der Waals surface area contributed by atoms with Crippen molar-refractivity contribution in [2.24, 2.45) is 0 Å². The first kappa shape index (κ1) is 21.0. The standard InChI is InChI=1S/C19H14Cl2N6O3S/c1-10-2-4-12(5-3-10)31(29,30)26-15-8-16(19(28)24-17-9-22-27-25-17)23-14-7-11(20)6-13(21)18(14)15/h2-9H,1H3,(H,23,26)(H2,22,24,25,27,28). The summed E-state index contributed by atoms with van der Waals surface area (Å²) in [6.07, 6.45) is 1.31. The molecule has 0 spiro atoms. The zero-order chi connectivity index (χ0) is 22.2. The fourth-order valence-corrected chi connectivity index (χ4v) is 4.49. The lowest BCUT2D eigenvalue weighted by Crippen LogP contribution is -2.17. The molecular formula is C19H14Cl2N6O3S. The van der Waals surface area contributed by atoms with E-state index in [-0.39, 0.29) is 37.7 Å². The summed E-state index contributed by atoms with van der Waals surface area (Å²) in [4.78, 5) is 17.0. The van der Waals surface area contributed by atoms with E-state index < -0.39 is 15.9 Å². The number of aromatic nitrogens is 4. The molecule has 158 valence electrons. The number of anilines is 2. The Bertz CT molecular complexity index is 1390. The number of nitrogens with zero attached hydrogens (tertiary/aromatic N) is 3. The smallest absolute Gasteiger partial charge is 0.275 e. The third-order valence-corrected chi connectivity index (χ3v) is 6.19. The van der Waals surface area contributed by atoms with Crippen LogP contribution in [0.15, 0.2) is 53.6 Å². The molecule has 2 aromatic heterocycles. The average Bonchev–Trinajstić information content (AvgIpc) is 3.20. The molecule has 0 fully saturated rings. The van der Waals surface area contributed by atoms with E-state index in [2.05, 4.69) is 30.4 Å². The number of nitrogens with one attached hydrogen (secondary N) is 3. The van der Waals surface area contributed by atoms with Crippen molar-refractivity contribution in [2.75, 3.05) is 10.0 Å². The Morgan fingerprint density at radius 1 is 1.10 bits per heavy atom. The Hall–Kier alpha value is -3.21. The molecule has 0 unspecified atom stereocenters. The minimum atomic E-state index is -3.97. The number of aryl methyl sites for hydroxylation is 1. The molecule has 0 aliphatic carbocycles. The molecule has 1 amide bonds. The molecule has 9 nitrogen and oxygen atoms in total. The van der Waals surface area contributed by atoms with E-state index in [0.717, 1.165) is 5.56 Å². The second-order valence-corrected chi connectivity index (χ2v) is 9.09. The zero-order valence-corrected chi connectivity index (χ0v) is 18.2. The number of aromatic amines is 1. The normalized spacial score (nSPS) is 11.5. The van der Waals surface area contributed by atoms with Crippen LogP contribution in [-0.4, -0.2) is 34.7 Å². The number of pyridine rings is 1. The summed E-state index contributed by atoms with van der Waals surface area (Å²) in [6.45, 7) is 1.85. The molecule has 2 aromatic carbocycles. The Kier molecular flexibility index (Phi) is 5.52. The van der Waals surface area contributed by atoms with Gasteiger partial charge >= 0.3 is 0 Å². The van der Waals surface area contributed by atoms with Crippen LogP contribution in [0.1, 0.15) is 16.1 Å². The zero-order valence-electron chi connectivity index (χ0n) is 15.8. The predicted molar refractivity (Wildman–Crippen MR) is 118 cm³/mol. The lowest BCUT2D eigenvalue weighted by Gasteiger charge is -2.14. The number of H-pyrrole nitrogens is 1. The van der Waals surface area contributed by atoms with Gasteiger partial charge in [-0.1, -0.05) is 40.9 Å². The molecule has 3 N–H and O–H groups in total. The summed E-state index contributed by atoms with van der Waals surface area (Å²) >= 11 is 12.4. The number of carbonyl (C=O) groups excluding carboxylic acids is 1. The number of benzene rings is 2. The quantitative estimate of drug-likeness (QED) is 0.398. The van der Waals surface area contributed by atoms with Crippen LogP contribution in [0.2, 0.25) is 10.0 Å². The van der Waals surface area contributed by atoms with Crippen molar-refractivity contribution in [1.29, 1.82) is 0 Å². The molecule has 2 heterocycles. The average molecular weight is 477 g/mol. The fraction of sp³-hybridized carbons (Fsp3) is 0.0526. The van der Waals surface area contributed by atoms with Gasteiger partial charge in [0.05, 0.1) is 27.3 Å². The Balaban J connectivity index is 1.82. The molecular weight excluding hydrogens is 463 g/mol. The maximum Gasteiger partial charge on any atom is 0.275 e. The largest absolute Gasteiger partial charge is 0.302 e. The van der Waals surface area contributed by atoms with Gasteiger partial charge in [-0.3, -0.25) is 9.52 Å². The van der Waals surface area contributed by atoms with Gasteiger partial charge in [-0.15, -0.1) is 5.10 Å². The molecule has 0 bridgehead atoms. The van der Waals surface area contributed by atoms with E-state index >= 15 is 0 Å². The van der Waals surface area contributed by atoms with Gasteiger partial charge in [0.25, 0.3) is 15.9 Å². The van der Waals surface area contributed by atoms with Crippen molar-refractivity contribution in [2.45, 2.75) is 11.8 Å². The van der Waals surface area contributed by atoms with Crippen LogP contribution in [0.25, 0.3) is 10.9 Å². The van der Waals surface area contributed by atoms with Crippen LogP contribution in [0.5, 0.6) is 0 Å². The van der Waals surface area contributed by atoms with Gasteiger partial charge in [-0.05, 0) is 37.3 Å². The molecule has 0 aliphatic heterocycles. The van der Waals surface area contributed by atoms with Gasteiger partial charge in [-0.2, -0.15) is 10.3 Å². The van der Waals surface area contributed by atoms with Crippen LogP contribution in [0.3, 0.4) is 0 Å². The molecule has 0 saturated heterocycles. The van der Waals surface area contributed by atoms with Crippen molar-refractivity contribution in [3.8, 4) is 0 Å². The first-order chi connectivity index (χ1) is 14.7. The SMILES string of the molecule is Cc1ccc(S(=O)(=O)Nc2cc(C(=O)Nc3cn[nH]n3)nc3cc(Cl)cc(Cl)c23)cc1. The van der Waals surface area contributed by atoms with Gasteiger partial charge in [0.1, 0.15) is 5.69 Å². The fourth-order valence-electron chi connectivity index (χ4n) is 2.85. The molecule has 31 heavy (non-hydrogen) atoms. The van der Waals surface area contributed by atoms with Crippen molar-refractivity contribution in [3.63, 3.8) is 0 Å². The van der Waals surface area contributed by atoms with Gasteiger partial charge in [0.2, 0.25) is 0 Å². The number of fused-ring (bicyclic) bond motifs is 1. The minimum absolute atomic E-state index is 0.0572. The summed E-state index contributed by atoms with van der Waals surface area (Å²) in [6, 6.07) is 10.6. The highest BCUT2D eigenvalue weighted by molar-refractivity contribution is 7.92. The number of hydrogen-bond acceptors (Lipinski definition) is 6. The van der Waals surface area contributed by atoms with E-state index in [4.69, 9.17) is 23.2 Å². The number of amides is 1. The van der Waals surface area contributed by atoms with Crippen LogP contribution in [0.4, 0.5) is 11.5 Å². The number of rotatable bonds is 5. The van der Waals surface area contributed by atoms with E-state index in [1.54, 1.807) is 12.1 Å². The van der Waals surface area contributed by atoms with E-state index in [9.17, 15) is 13.2 Å².